The molecule has 0 bridgehead atoms. The van der Waals surface area contributed by atoms with Gasteiger partial charge in [-0.1, -0.05) is 10.3 Å². The van der Waals surface area contributed by atoms with Crippen LogP contribution in [0.1, 0.15) is 31.2 Å². The van der Waals surface area contributed by atoms with Gasteiger partial charge in [0, 0.05) is 19.8 Å². The fraction of sp³-hybridized carbons (Fsp3) is 0.667. The van der Waals surface area contributed by atoms with Crippen LogP contribution in [0.25, 0.3) is 0 Å². The van der Waals surface area contributed by atoms with Crippen LogP contribution in [0.4, 0.5) is 0 Å². The van der Waals surface area contributed by atoms with Crippen molar-refractivity contribution in [2.45, 2.75) is 37.5 Å². The average Bonchev–Trinajstić information content (AvgIpc) is 2.77. The molecule has 86 valence electrons. The van der Waals surface area contributed by atoms with Crippen LogP contribution in [0.3, 0.4) is 0 Å². The summed E-state index contributed by atoms with van der Waals surface area (Å²) in [5.41, 5.74) is 4.61. The van der Waals surface area contributed by atoms with Crippen molar-refractivity contribution in [1.29, 1.82) is 0 Å². The quantitative estimate of drug-likeness (QED) is 0.442. The summed E-state index contributed by atoms with van der Waals surface area (Å²) in [4.78, 5) is 0. The smallest absolute Gasteiger partial charge is 0.259 e. The Kier molecular flexibility index (Phi) is 1.59. The van der Waals surface area contributed by atoms with Crippen LogP contribution in [0, 0.1) is 5.21 Å². The van der Waals surface area contributed by atoms with Crippen molar-refractivity contribution in [2.75, 3.05) is 0 Å². The normalized spacial score (nSPS) is 37.4. The molecule has 1 aliphatic carbocycles. The van der Waals surface area contributed by atoms with E-state index in [1.54, 1.807) is 6.92 Å². The second kappa shape index (κ2) is 2.61. The van der Waals surface area contributed by atoms with Gasteiger partial charge in [-0.05, 0) is 0 Å². The van der Waals surface area contributed by atoms with Gasteiger partial charge in [0.25, 0.3) is 5.66 Å². The van der Waals surface area contributed by atoms with Crippen LogP contribution in [0.2, 0.25) is 0 Å². The molecular weight excluding hydrogens is 212 g/mol. The Morgan fingerprint density at radius 2 is 2.31 bits per heavy atom. The number of aromatic nitrogens is 2. The summed E-state index contributed by atoms with van der Waals surface area (Å²) in [7, 11) is 0. The molecule has 0 radical (unpaired) electrons. The van der Waals surface area contributed by atoms with Crippen LogP contribution in [0.15, 0.2) is 4.63 Å². The molecule has 0 unspecified atom stereocenters. The van der Waals surface area contributed by atoms with Gasteiger partial charge in [-0.15, -0.1) is 0 Å². The molecule has 2 aliphatic rings. The highest BCUT2D eigenvalue weighted by atomic mass is 16.6. The van der Waals surface area contributed by atoms with Crippen LogP contribution in [0.5, 0.6) is 0 Å². The molecule has 1 aromatic rings. The summed E-state index contributed by atoms with van der Waals surface area (Å²) < 4.78 is 5.31. The van der Waals surface area contributed by atoms with Crippen molar-refractivity contribution < 1.29 is 14.5 Å². The molecule has 2 atom stereocenters. The summed E-state index contributed by atoms with van der Waals surface area (Å²) in [5, 5.41) is 29.9. The Balaban J connectivity index is 2.22. The SMILES string of the molecule is CC1=[N+]([O-])[C@@]2(N)CCc3nonc3[C@]2(O)C1. The Labute approximate surface area is 91.1 Å². The van der Waals surface area contributed by atoms with Gasteiger partial charge in [0.1, 0.15) is 11.4 Å². The third kappa shape index (κ3) is 0.840. The lowest BCUT2D eigenvalue weighted by Gasteiger charge is -2.37. The van der Waals surface area contributed by atoms with Crippen LogP contribution >= 0.6 is 0 Å². The molecule has 7 heteroatoms. The molecule has 0 fully saturated rings. The molecule has 0 saturated heterocycles. The highest BCUT2D eigenvalue weighted by Crippen LogP contribution is 2.46. The van der Waals surface area contributed by atoms with E-state index in [4.69, 9.17) is 5.73 Å². The molecule has 3 rings (SSSR count). The van der Waals surface area contributed by atoms with Gasteiger partial charge in [-0.2, -0.15) is 4.74 Å². The number of rotatable bonds is 0. The molecule has 2 heterocycles. The van der Waals surface area contributed by atoms with Crippen molar-refractivity contribution in [2.24, 2.45) is 5.73 Å². The molecule has 0 spiro atoms. The molecule has 0 saturated carbocycles. The third-order valence-electron chi connectivity index (χ3n) is 3.63. The zero-order valence-corrected chi connectivity index (χ0v) is 8.80. The highest BCUT2D eigenvalue weighted by Gasteiger charge is 2.66. The molecule has 1 aromatic heterocycles. The van der Waals surface area contributed by atoms with Gasteiger partial charge >= 0.3 is 0 Å². The van der Waals surface area contributed by atoms with Crippen molar-refractivity contribution >= 4 is 5.71 Å². The van der Waals surface area contributed by atoms with Crippen molar-refractivity contribution in [1.82, 2.24) is 10.3 Å². The molecule has 7 nitrogen and oxygen atoms in total. The van der Waals surface area contributed by atoms with Crippen LogP contribution < -0.4 is 5.73 Å². The van der Waals surface area contributed by atoms with Gasteiger partial charge in [0.15, 0.2) is 5.71 Å². The number of hydrogen-bond acceptors (Lipinski definition) is 6. The Morgan fingerprint density at radius 1 is 1.56 bits per heavy atom. The number of fused-ring (bicyclic) bond motifs is 3. The summed E-state index contributed by atoms with van der Waals surface area (Å²) in [6, 6.07) is 0. The maximum atomic E-state index is 11.9. The lowest BCUT2D eigenvalue weighted by Crippen LogP contribution is -2.62. The van der Waals surface area contributed by atoms with E-state index in [9.17, 15) is 10.3 Å². The molecule has 16 heavy (non-hydrogen) atoms. The molecule has 0 aromatic carbocycles. The van der Waals surface area contributed by atoms with Crippen molar-refractivity contribution in [3.05, 3.63) is 16.6 Å². The van der Waals surface area contributed by atoms with Gasteiger partial charge in [0.2, 0.25) is 5.60 Å². The summed E-state index contributed by atoms with van der Waals surface area (Å²) >= 11 is 0. The van der Waals surface area contributed by atoms with Crippen LogP contribution in [-0.2, 0) is 12.0 Å². The maximum absolute atomic E-state index is 11.9. The number of nitrogens with zero attached hydrogens (tertiary/aromatic N) is 3. The molecule has 1 aliphatic heterocycles. The number of hydroxylamine groups is 1. The first-order valence-electron chi connectivity index (χ1n) is 5.12. The van der Waals surface area contributed by atoms with Gasteiger partial charge in [-0.3, -0.25) is 5.73 Å². The van der Waals surface area contributed by atoms with Gasteiger partial charge < -0.3 is 10.3 Å². The van der Waals surface area contributed by atoms with E-state index in [0.717, 1.165) is 0 Å². The maximum Gasteiger partial charge on any atom is 0.259 e. The van der Waals surface area contributed by atoms with E-state index in [1.165, 1.54) is 0 Å². The fourth-order valence-corrected chi connectivity index (χ4v) is 2.69. The topological polar surface area (TPSA) is 111 Å². The first kappa shape index (κ1) is 9.73. The minimum atomic E-state index is -1.48. The van der Waals surface area contributed by atoms with E-state index >= 15 is 0 Å². The van der Waals surface area contributed by atoms with E-state index in [1.807, 2.05) is 0 Å². The largest absolute Gasteiger partial charge is 0.622 e. The first-order chi connectivity index (χ1) is 7.49. The predicted octanol–water partition coefficient (Wildman–Crippen LogP) is -0.767. The van der Waals surface area contributed by atoms with Gasteiger partial charge in [-0.25, -0.2) is 4.63 Å². The van der Waals surface area contributed by atoms with Crippen molar-refractivity contribution in [3.8, 4) is 0 Å². The van der Waals surface area contributed by atoms with Gasteiger partial charge in [0.05, 0.1) is 6.42 Å². The summed E-state index contributed by atoms with van der Waals surface area (Å²) in [6.07, 6.45) is 1.00. The first-order valence-corrected chi connectivity index (χ1v) is 5.12. The number of aliphatic hydroxyl groups is 1. The molecular formula is C9H12N4O3. The zero-order valence-electron chi connectivity index (χ0n) is 8.80. The van der Waals surface area contributed by atoms with Crippen molar-refractivity contribution in [3.63, 3.8) is 0 Å². The number of aryl methyl sites for hydroxylation is 1. The minimum absolute atomic E-state index is 0.175. The highest BCUT2D eigenvalue weighted by molar-refractivity contribution is 5.80. The Bertz CT molecular complexity index is 497. The summed E-state index contributed by atoms with van der Waals surface area (Å²) in [6.45, 7) is 1.66. The lowest BCUT2D eigenvalue weighted by atomic mass is 9.76. The Morgan fingerprint density at radius 3 is 3.06 bits per heavy atom. The Hall–Kier alpha value is -1.47. The van der Waals surface area contributed by atoms with E-state index in [-0.39, 0.29) is 6.42 Å². The fourth-order valence-electron chi connectivity index (χ4n) is 2.69. The minimum Gasteiger partial charge on any atom is -0.622 e. The number of nitrogens with two attached hydrogens (primary N) is 1. The van der Waals surface area contributed by atoms with E-state index < -0.39 is 11.3 Å². The van der Waals surface area contributed by atoms with E-state index in [2.05, 4.69) is 14.9 Å². The summed E-state index contributed by atoms with van der Waals surface area (Å²) in [5.74, 6) is 0. The average molecular weight is 224 g/mol. The molecule has 3 N–H and O–H groups in total. The number of hydrogen-bond donors (Lipinski definition) is 2. The second-order valence-electron chi connectivity index (χ2n) is 4.55. The van der Waals surface area contributed by atoms with E-state index in [0.29, 0.717) is 34.7 Å². The van der Waals surface area contributed by atoms with Crippen LogP contribution in [-0.4, -0.2) is 31.5 Å². The standard InChI is InChI=1S/C9H12N4O3/c1-5-4-8(14)7-6(11-16-12-7)2-3-9(8,10)13(5)15/h14H,2-4,10H2,1H3/t8-,9+/m1/s1. The molecule has 0 amide bonds. The second-order valence-corrected chi connectivity index (χ2v) is 4.55. The predicted molar refractivity (Wildman–Crippen MR) is 52.4 cm³/mol. The third-order valence-corrected chi connectivity index (χ3v) is 3.63. The lowest BCUT2D eigenvalue weighted by molar-refractivity contribution is -0.567. The monoisotopic (exact) mass is 224 g/mol. The zero-order chi connectivity index (χ0) is 11.6.